The van der Waals surface area contributed by atoms with Gasteiger partial charge in [0, 0.05) is 10.00 Å². The second-order valence-corrected chi connectivity index (χ2v) is 5.61. The lowest BCUT2D eigenvalue weighted by Gasteiger charge is -2.09. The lowest BCUT2D eigenvalue weighted by Crippen LogP contribution is -2.12. The summed E-state index contributed by atoms with van der Waals surface area (Å²) >= 11 is 2.27. The zero-order valence-electron chi connectivity index (χ0n) is 7.44. The normalized spacial score (nSPS) is 35.2. The topological polar surface area (TPSA) is 0 Å². The smallest absolute Gasteiger partial charge is 0.0282 e. The van der Waals surface area contributed by atoms with E-state index in [2.05, 4.69) is 18.7 Å². The van der Waals surface area contributed by atoms with Crippen molar-refractivity contribution in [2.24, 2.45) is 0 Å². The first-order valence-corrected chi connectivity index (χ1v) is 5.93. The Labute approximate surface area is 74.1 Å². The zero-order chi connectivity index (χ0) is 7.73. The summed E-state index contributed by atoms with van der Waals surface area (Å²) in [7, 11) is 0. The molecule has 1 heteroatoms. The standard InChI is InChI=1S/C10H18S/c1-2-9-10(11-9)7-5-3-4-6-8-10/h9H,2-8H2,1H3. The zero-order valence-corrected chi connectivity index (χ0v) is 8.25. The van der Waals surface area contributed by atoms with Crippen LogP contribution in [0.5, 0.6) is 0 Å². The van der Waals surface area contributed by atoms with Crippen LogP contribution >= 0.6 is 11.8 Å². The summed E-state index contributed by atoms with van der Waals surface area (Å²) in [6.45, 7) is 2.34. The van der Waals surface area contributed by atoms with Crippen LogP contribution in [0.3, 0.4) is 0 Å². The second-order valence-electron chi connectivity index (χ2n) is 3.99. The molecule has 2 fully saturated rings. The van der Waals surface area contributed by atoms with Crippen LogP contribution in [-0.4, -0.2) is 10.00 Å². The quantitative estimate of drug-likeness (QED) is 0.542. The summed E-state index contributed by atoms with van der Waals surface area (Å²) in [5, 5.41) is 1.04. The van der Waals surface area contributed by atoms with Gasteiger partial charge < -0.3 is 0 Å². The van der Waals surface area contributed by atoms with E-state index in [9.17, 15) is 0 Å². The maximum absolute atomic E-state index is 2.34. The fraction of sp³-hybridized carbons (Fsp3) is 1.00. The number of thioether (sulfide) groups is 1. The molecule has 1 atom stereocenters. The largest absolute Gasteiger partial charge is 0.149 e. The Morgan fingerprint density at radius 2 is 1.82 bits per heavy atom. The lowest BCUT2D eigenvalue weighted by atomic mass is 9.95. The van der Waals surface area contributed by atoms with Gasteiger partial charge in [-0.3, -0.25) is 0 Å². The predicted octanol–water partition coefficient (Wildman–Crippen LogP) is 3.60. The fourth-order valence-electron chi connectivity index (χ4n) is 2.47. The highest BCUT2D eigenvalue weighted by Gasteiger charge is 2.52. The minimum Gasteiger partial charge on any atom is -0.149 e. The van der Waals surface area contributed by atoms with Crippen molar-refractivity contribution in [3.8, 4) is 0 Å². The van der Waals surface area contributed by atoms with Crippen LogP contribution in [0.15, 0.2) is 0 Å². The second kappa shape index (κ2) is 3.01. The van der Waals surface area contributed by atoms with E-state index in [1.807, 2.05) is 0 Å². The highest BCUT2D eigenvalue weighted by atomic mass is 32.2. The molecule has 11 heavy (non-hydrogen) atoms. The molecule has 2 aliphatic rings. The monoisotopic (exact) mass is 170 g/mol. The molecule has 1 saturated heterocycles. The molecule has 0 N–H and O–H groups in total. The molecule has 0 aromatic rings. The van der Waals surface area contributed by atoms with E-state index in [1.54, 1.807) is 0 Å². The van der Waals surface area contributed by atoms with Crippen LogP contribution in [0.4, 0.5) is 0 Å². The van der Waals surface area contributed by atoms with Gasteiger partial charge >= 0.3 is 0 Å². The van der Waals surface area contributed by atoms with E-state index in [0.717, 1.165) is 10.00 Å². The summed E-state index contributed by atoms with van der Waals surface area (Å²) < 4.78 is 0.797. The first-order valence-electron chi connectivity index (χ1n) is 5.05. The minimum absolute atomic E-state index is 0.797. The van der Waals surface area contributed by atoms with E-state index < -0.39 is 0 Å². The Hall–Kier alpha value is 0.350. The van der Waals surface area contributed by atoms with Crippen molar-refractivity contribution in [3.63, 3.8) is 0 Å². The Morgan fingerprint density at radius 3 is 2.27 bits per heavy atom. The van der Waals surface area contributed by atoms with Gasteiger partial charge in [-0.15, -0.1) is 11.8 Å². The number of hydrogen-bond acceptors (Lipinski definition) is 1. The molecule has 0 radical (unpaired) electrons. The van der Waals surface area contributed by atoms with Crippen molar-refractivity contribution in [2.75, 3.05) is 0 Å². The third-order valence-corrected chi connectivity index (χ3v) is 5.20. The van der Waals surface area contributed by atoms with Crippen LogP contribution in [0, 0.1) is 0 Å². The van der Waals surface area contributed by atoms with Gasteiger partial charge in [0.05, 0.1) is 0 Å². The molecule has 1 spiro atoms. The van der Waals surface area contributed by atoms with Crippen LogP contribution in [0.25, 0.3) is 0 Å². The summed E-state index contributed by atoms with van der Waals surface area (Å²) in [6, 6.07) is 0. The Kier molecular flexibility index (Phi) is 2.18. The summed E-state index contributed by atoms with van der Waals surface area (Å²) in [5.74, 6) is 0. The van der Waals surface area contributed by atoms with E-state index in [0.29, 0.717) is 0 Å². The Bertz CT molecular complexity index is 134. The average molecular weight is 170 g/mol. The number of rotatable bonds is 1. The molecular weight excluding hydrogens is 152 g/mol. The van der Waals surface area contributed by atoms with E-state index in [1.165, 1.54) is 44.9 Å². The van der Waals surface area contributed by atoms with Crippen molar-refractivity contribution in [3.05, 3.63) is 0 Å². The summed E-state index contributed by atoms with van der Waals surface area (Å²) in [6.07, 6.45) is 10.5. The summed E-state index contributed by atoms with van der Waals surface area (Å²) in [4.78, 5) is 0. The van der Waals surface area contributed by atoms with Gasteiger partial charge in [-0.2, -0.15) is 0 Å². The molecule has 1 heterocycles. The fourth-order valence-corrected chi connectivity index (χ4v) is 4.06. The van der Waals surface area contributed by atoms with Crippen LogP contribution in [-0.2, 0) is 0 Å². The molecule has 1 saturated carbocycles. The third-order valence-electron chi connectivity index (χ3n) is 3.23. The molecule has 1 unspecified atom stereocenters. The van der Waals surface area contributed by atoms with Crippen LogP contribution in [0.1, 0.15) is 51.9 Å². The van der Waals surface area contributed by atoms with Gasteiger partial charge in [-0.25, -0.2) is 0 Å². The lowest BCUT2D eigenvalue weighted by molar-refractivity contribution is 0.549. The third kappa shape index (κ3) is 1.44. The van der Waals surface area contributed by atoms with Crippen molar-refractivity contribution < 1.29 is 0 Å². The molecule has 0 aromatic heterocycles. The van der Waals surface area contributed by atoms with Gasteiger partial charge in [-0.1, -0.05) is 32.6 Å². The maximum Gasteiger partial charge on any atom is 0.0282 e. The van der Waals surface area contributed by atoms with Gasteiger partial charge in [-0.05, 0) is 19.3 Å². The molecule has 1 aliphatic heterocycles. The molecule has 64 valence electrons. The van der Waals surface area contributed by atoms with Gasteiger partial charge in [0.25, 0.3) is 0 Å². The molecule has 2 rings (SSSR count). The van der Waals surface area contributed by atoms with Crippen LogP contribution < -0.4 is 0 Å². The first kappa shape index (κ1) is 7.97. The molecule has 0 bridgehead atoms. The van der Waals surface area contributed by atoms with Crippen molar-refractivity contribution in [1.29, 1.82) is 0 Å². The van der Waals surface area contributed by atoms with Crippen LogP contribution in [0.2, 0.25) is 0 Å². The SMILES string of the molecule is CCC1SC12CCCCCC2. The number of hydrogen-bond donors (Lipinski definition) is 0. The van der Waals surface area contributed by atoms with Gasteiger partial charge in [0.1, 0.15) is 0 Å². The molecule has 0 aromatic carbocycles. The van der Waals surface area contributed by atoms with Crippen molar-refractivity contribution in [1.82, 2.24) is 0 Å². The molecular formula is C10H18S. The highest BCUT2D eigenvalue weighted by molar-refractivity contribution is 8.08. The summed E-state index contributed by atoms with van der Waals surface area (Å²) in [5.41, 5.74) is 0. The van der Waals surface area contributed by atoms with E-state index in [4.69, 9.17) is 0 Å². The van der Waals surface area contributed by atoms with E-state index >= 15 is 0 Å². The van der Waals surface area contributed by atoms with Gasteiger partial charge in [0.2, 0.25) is 0 Å². The Balaban J connectivity index is 1.92. The first-order chi connectivity index (χ1) is 5.37. The highest BCUT2D eigenvalue weighted by Crippen LogP contribution is 2.61. The molecule has 0 amide bonds. The molecule has 0 nitrogen and oxygen atoms in total. The maximum atomic E-state index is 2.34. The Morgan fingerprint density at radius 1 is 1.18 bits per heavy atom. The average Bonchev–Trinajstić information content (AvgIpc) is 2.76. The van der Waals surface area contributed by atoms with E-state index in [-0.39, 0.29) is 0 Å². The van der Waals surface area contributed by atoms with Gasteiger partial charge in [0.15, 0.2) is 0 Å². The minimum atomic E-state index is 0.797. The van der Waals surface area contributed by atoms with Crippen molar-refractivity contribution in [2.45, 2.75) is 61.9 Å². The van der Waals surface area contributed by atoms with Crippen molar-refractivity contribution >= 4 is 11.8 Å². The molecule has 1 aliphatic carbocycles. The predicted molar refractivity (Wildman–Crippen MR) is 52.1 cm³/mol.